The van der Waals surface area contributed by atoms with Gasteiger partial charge in [0.25, 0.3) is 5.69 Å². The predicted octanol–water partition coefficient (Wildman–Crippen LogP) is 1.63. The number of nitrogens with zero attached hydrogens (tertiary/aromatic N) is 1. The number of nitro benzene ring substituents is 1. The number of carboxylic acids is 1. The zero-order chi connectivity index (χ0) is 15.5. The Kier molecular flexibility index (Phi) is 4.50. The summed E-state index contributed by atoms with van der Waals surface area (Å²) < 4.78 is 36.3. The number of carbonyl (C=O) groups is 1. The third kappa shape index (κ3) is 3.82. The summed E-state index contributed by atoms with van der Waals surface area (Å²) in [4.78, 5) is 20.6. The van der Waals surface area contributed by atoms with E-state index in [1.54, 1.807) is 0 Å². The molecule has 0 fully saturated rings. The first-order valence-electron chi connectivity index (χ1n) is 5.13. The number of benzene rings is 1. The van der Waals surface area contributed by atoms with Gasteiger partial charge in [-0.2, -0.15) is 13.2 Å². The Morgan fingerprint density at radius 1 is 1.45 bits per heavy atom. The van der Waals surface area contributed by atoms with E-state index in [1.165, 1.54) is 0 Å². The zero-order valence-corrected chi connectivity index (χ0v) is 9.72. The van der Waals surface area contributed by atoms with Gasteiger partial charge in [-0.3, -0.25) is 10.1 Å². The minimum absolute atomic E-state index is 0.380. The molecule has 110 valence electrons. The molecule has 0 spiro atoms. The quantitative estimate of drug-likeness (QED) is 0.562. The molecular weight excluding hydrogens is 285 g/mol. The fourth-order valence-corrected chi connectivity index (χ4v) is 1.30. The Bertz CT molecular complexity index is 532. The van der Waals surface area contributed by atoms with Crippen LogP contribution < -0.4 is 5.32 Å². The first kappa shape index (κ1) is 15.7. The van der Waals surface area contributed by atoms with E-state index >= 15 is 0 Å². The summed E-state index contributed by atoms with van der Waals surface area (Å²) in [7, 11) is 0. The molecule has 1 rings (SSSR count). The van der Waals surface area contributed by atoms with E-state index < -0.39 is 41.0 Å². The van der Waals surface area contributed by atoms with Crippen molar-refractivity contribution in [3.8, 4) is 0 Å². The maximum absolute atomic E-state index is 12.1. The van der Waals surface area contributed by atoms with Crippen LogP contribution in [0.3, 0.4) is 0 Å². The van der Waals surface area contributed by atoms with Crippen LogP contribution >= 0.6 is 0 Å². The van der Waals surface area contributed by atoms with Gasteiger partial charge in [-0.1, -0.05) is 0 Å². The lowest BCUT2D eigenvalue weighted by Crippen LogP contribution is -2.35. The van der Waals surface area contributed by atoms with E-state index in [-0.39, 0.29) is 5.69 Å². The molecule has 0 saturated carbocycles. The van der Waals surface area contributed by atoms with Gasteiger partial charge in [-0.05, 0) is 6.07 Å². The fraction of sp³-hybridized carbons (Fsp3) is 0.300. The smallest absolute Gasteiger partial charge is 0.416 e. The number of aliphatic hydroxyl groups is 1. The van der Waals surface area contributed by atoms with Gasteiger partial charge in [0.2, 0.25) is 0 Å². The number of aliphatic hydroxyl groups excluding tert-OH is 1. The lowest BCUT2D eigenvalue weighted by molar-refractivity contribution is -0.384. The minimum atomic E-state index is -4.88. The van der Waals surface area contributed by atoms with Crippen molar-refractivity contribution in [1.29, 1.82) is 0 Å². The average molecular weight is 294 g/mol. The molecule has 10 heteroatoms. The minimum Gasteiger partial charge on any atom is -0.478 e. The molecule has 3 N–H and O–H groups in total. The van der Waals surface area contributed by atoms with E-state index in [4.69, 9.17) is 10.2 Å². The highest BCUT2D eigenvalue weighted by Gasteiger charge is 2.38. The van der Waals surface area contributed by atoms with Crippen LogP contribution in [0.2, 0.25) is 0 Å². The lowest BCUT2D eigenvalue weighted by Gasteiger charge is -2.16. The van der Waals surface area contributed by atoms with Gasteiger partial charge in [-0.25, -0.2) is 4.79 Å². The van der Waals surface area contributed by atoms with Crippen molar-refractivity contribution in [2.45, 2.75) is 12.3 Å². The number of non-ortho nitro benzene ring substituents is 1. The second-order valence-corrected chi connectivity index (χ2v) is 3.73. The SMILES string of the molecule is O=C(O)c1ccc([N+](=O)[O-])cc1NCC(O)C(F)(F)F. The van der Waals surface area contributed by atoms with E-state index in [0.717, 1.165) is 18.2 Å². The fourth-order valence-electron chi connectivity index (χ4n) is 1.30. The highest BCUT2D eigenvalue weighted by atomic mass is 19.4. The number of anilines is 1. The summed E-state index contributed by atoms with van der Waals surface area (Å²) in [6, 6.07) is 2.59. The lowest BCUT2D eigenvalue weighted by atomic mass is 10.1. The zero-order valence-electron chi connectivity index (χ0n) is 9.72. The molecule has 0 saturated heterocycles. The summed E-state index contributed by atoms with van der Waals surface area (Å²) in [6.07, 6.45) is -7.60. The van der Waals surface area contributed by atoms with Gasteiger partial charge in [0.05, 0.1) is 16.2 Å². The van der Waals surface area contributed by atoms with Crippen LogP contribution in [-0.4, -0.2) is 39.9 Å². The number of carboxylic acid groups (broad SMARTS) is 1. The molecule has 1 atom stereocenters. The third-order valence-electron chi connectivity index (χ3n) is 2.31. The second-order valence-electron chi connectivity index (χ2n) is 3.73. The first-order chi connectivity index (χ1) is 9.12. The third-order valence-corrected chi connectivity index (χ3v) is 2.31. The molecule has 0 aromatic heterocycles. The van der Waals surface area contributed by atoms with Crippen LogP contribution in [-0.2, 0) is 0 Å². The molecule has 0 aliphatic carbocycles. The van der Waals surface area contributed by atoms with Crippen molar-refractivity contribution in [2.75, 3.05) is 11.9 Å². The van der Waals surface area contributed by atoms with Crippen LogP contribution in [0, 0.1) is 10.1 Å². The van der Waals surface area contributed by atoms with Gasteiger partial charge in [0, 0.05) is 18.7 Å². The number of aromatic carboxylic acids is 1. The van der Waals surface area contributed by atoms with E-state index in [9.17, 15) is 28.1 Å². The van der Waals surface area contributed by atoms with Gasteiger partial charge >= 0.3 is 12.1 Å². The molecule has 0 aliphatic heterocycles. The summed E-state index contributed by atoms with van der Waals surface area (Å²) >= 11 is 0. The molecule has 0 bridgehead atoms. The van der Waals surface area contributed by atoms with Crippen LogP contribution in [0.4, 0.5) is 24.5 Å². The van der Waals surface area contributed by atoms with Crippen molar-refractivity contribution in [3.05, 3.63) is 33.9 Å². The van der Waals surface area contributed by atoms with E-state index in [1.807, 2.05) is 5.32 Å². The molecule has 1 aromatic carbocycles. The van der Waals surface area contributed by atoms with Crippen LogP contribution in [0.25, 0.3) is 0 Å². The number of rotatable bonds is 5. The summed E-state index contributed by atoms with van der Waals surface area (Å²) in [5.74, 6) is -1.47. The van der Waals surface area contributed by atoms with Crippen LogP contribution in [0.1, 0.15) is 10.4 Å². The van der Waals surface area contributed by atoms with Crippen LogP contribution in [0.15, 0.2) is 18.2 Å². The molecule has 0 aliphatic rings. The molecule has 1 aromatic rings. The summed E-state index contributed by atoms with van der Waals surface area (Å²) in [5.41, 5.74) is -1.31. The van der Waals surface area contributed by atoms with Gasteiger partial charge in [0.15, 0.2) is 6.10 Å². The van der Waals surface area contributed by atoms with Gasteiger partial charge < -0.3 is 15.5 Å². The number of nitro groups is 1. The largest absolute Gasteiger partial charge is 0.478 e. The molecule has 0 heterocycles. The maximum Gasteiger partial charge on any atom is 0.416 e. The maximum atomic E-state index is 12.1. The molecule has 20 heavy (non-hydrogen) atoms. The molecule has 0 amide bonds. The van der Waals surface area contributed by atoms with Crippen LogP contribution in [0.5, 0.6) is 0 Å². The van der Waals surface area contributed by atoms with E-state index in [2.05, 4.69) is 0 Å². The number of hydrogen-bond acceptors (Lipinski definition) is 5. The summed E-state index contributed by atoms with van der Waals surface area (Å²) in [6.45, 7) is -1.02. The second kappa shape index (κ2) is 5.74. The standard InChI is InChI=1S/C10H9F3N2O5/c11-10(12,13)8(16)4-14-7-3-5(15(19)20)1-2-6(7)9(17)18/h1-3,8,14,16H,4H2,(H,17,18). The average Bonchev–Trinajstić information content (AvgIpc) is 2.33. The Labute approximate surface area is 109 Å². The molecular formula is C10H9F3N2O5. The van der Waals surface area contributed by atoms with Crippen molar-refractivity contribution >= 4 is 17.3 Å². The Hall–Kier alpha value is -2.36. The van der Waals surface area contributed by atoms with Gasteiger partial charge in [-0.15, -0.1) is 0 Å². The Morgan fingerprint density at radius 2 is 2.05 bits per heavy atom. The summed E-state index contributed by atoms with van der Waals surface area (Å²) in [5, 5.41) is 30.2. The highest BCUT2D eigenvalue weighted by Crippen LogP contribution is 2.24. The number of nitrogens with one attached hydrogen (secondary N) is 1. The first-order valence-corrected chi connectivity index (χ1v) is 5.13. The Balaban J connectivity index is 2.99. The molecule has 7 nitrogen and oxygen atoms in total. The number of hydrogen-bond donors (Lipinski definition) is 3. The molecule has 0 radical (unpaired) electrons. The van der Waals surface area contributed by atoms with Crippen molar-refractivity contribution in [3.63, 3.8) is 0 Å². The highest BCUT2D eigenvalue weighted by molar-refractivity contribution is 5.94. The predicted molar refractivity (Wildman–Crippen MR) is 60.6 cm³/mol. The monoisotopic (exact) mass is 294 g/mol. The van der Waals surface area contributed by atoms with Gasteiger partial charge in [0.1, 0.15) is 0 Å². The number of alkyl halides is 3. The number of halogens is 3. The molecule has 1 unspecified atom stereocenters. The van der Waals surface area contributed by atoms with Crippen molar-refractivity contribution in [1.82, 2.24) is 0 Å². The van der Waals surface area contributed by atoms with Crippen molar-refractivity contribution in [2.24, 2.45) is 0 Å². The topological polar surface area (TPSA) is 113 Å². The van der Waals surface area contributed by atoms with Crippen molar-refractivity contribution < 1.29 is 33.1 Å². The van der Waals surface area contributed by atoms with E-state index in [0.29, 0.717) is 0 Å². The normalized spacial score (nSPS) is 12.8. The Morgan fingerprint density at radius 3 is 2.50 bits per heavy atom.